The van der Waals surface area contributed by atoms with Gasteiger partial charge in [-0.2, -0.15) is 0 Å². The van der Waals surface area contributed by atoms with Crippen molar-refractivity contribution in [3.63, 3.8) is 0 Å². The van der Waals surface area contributed by atoms with Gasteiger partial charge in [0.05, 0.1) is 3.79 Å². The van der Waals surface area contributed by atoms with Gasteiger partial charge < -0.3 is 4.90 Å². The van der Waals surface area contributed by atoms with Crippen LogP contribution in [0.3, 0.4) is 0 Å². The van der Waals surface area contributed by atoms with Crippen molar-refractivity contribution >= 4 is 27.3 Å². The van der Waals surface area contributed by atoms with Gasteiger partial charge in [0.25, 0.3) is 0 Å². The van der Waals surface area contributed by atoms with Gasteiger partial charge in [0, 0.05) is 24.0 Å². The van der Waals surface area contributed by atoms with Crippen molar-refractivity contribution in [2.75, 3.05) is 32.7 Å². The number of halogens is 1. The normalized spacial score (nSPS) is 26.2. The summed E-state index contributed by atoms with van der Waals surface area (Å²) in [6.45, 7) is 6.49. The van der Waals surface area contributed by atoms with Gasteiger partial charge in [0.15, 0.2) is 0 Å². The van der Waals surface area contributed by atoms with E-state index in [4.69, 9.17) is 0 Å². The van der Waals surface area contributed by atoms with E-state index in [0.29, 0.717) is 0 Å². The fraction of sp³-hybridized carbons (Fsp3) is 0.714. The van der Waals surface area contributed by atoms with Crippen LogP contribution >= 0.6 is 27.3 Å². The molecular formula is C14H21BrN2S. The highest BCUT2D eigenvalue weighted by Crippen LogP contribution is 2.24. The average molecular weight is 329 g/mol. The lowest BCUT2D eigenvalue weighted by molar-refractivity contribution is 0.222. The first-order chi connectivity index (χ1) is 8.81. The van der Waals surface area contributed by atoms with Gasteiger partial charge in [0.2, 0.25) is 0 Å². The van der Waals surface area contributed by atoms with Crippen LogP contribution in [0.4, 0.5) is 0 Å². The summed E-state index contributed by atoms with van der Waals surface area (Å²) >= 11 is 5.43. The molecule has 0 bridgehead atoms. The van der Waals surface area contributed by atoms with Crippen molar-refractivity contribution in [1.82, 2.24) is 9.80 Å². The summed E-state index contributed by atoms with van der Waals surface area (Å²) in [5, 5.41) is 0. The molecule has 0 aromatic carbocycles. The van der Waals surface area contributed by atoms with Gasteiger partial charge in [-0.25, -0.2) is 0 Å². The summed E-state index contributed by atoms with van der Waals surface area (Å²) < 4.78 is 1.26. The van der Waals surface area contributed by atoms with E-state index in [9.17, 15) is 0 Å². The summed E-state index contributed by atoms with van der Waals surface area (Å²) in [6, 6.07) is 5.28. The van der Waals surface area contributed by atoms with Gasteiger partial charge in [-0.1, -0.05) is 0 Å². The predicted molar refractivity (Wildman–Crippen MR) is 81.4 cm³/mol. The van der Waals surface area contributed by atoms with Crippen LogP contribution in [-0.4, -0.2) is 48.6 Å². The van der Waals surface area contributed by atoms with Crippen LogP contribution in [0.15, 0.2) is 15.9 Å². The van der Waals surface area contributed by atoms with Crippen LogP contribution < -0.4 is 0 Å². The minimum absolute atomic E-state index is 0.850. The van der Waals surface area contributed by atoms with Crippen LogP contribution in [0.25, 0.3) is 0 Å². The fourth-order valence-corrected chi connectivity index (χ4v) is 4.71. The third kappa shape index (κ3) is 3.16. The van der Waals surface area contributed by atoms with Crippen LogP contribution in [0.1, 0.15) is 24.1 Å². The third-order valence-corrected chi connectivity index (χ3v) is 5.87. The molecule has 1 aromatic heterocycles. The van der Waals surface area contributed by atoms with Gasteiger partial charge in [-0.15, -0.1) is 11.3 Å². The molecule has 0 spiro atoms. The van der Waals surface area contributed by atoms with Crippen molar-refractivity contribution in [2.24, 2.45) is 0 Å². The molecular weight excluding hydrogens is 308 g/mol. The Balaban J connectivity index is 1.52. The Hall–Kier alpha value is 0.1000. The Labute approximate surface area is 122 Å². The lowest BCUT2D eigenvalue weighted by atomic mass is 10.2. The molecule has 4 heteroatoms. The second kappa shape index (κ2) is 6.04. The maximum absolute atomic E-state index is 3.55. The second-order valence-corrected chi connectivity index (χ2v) is 7.99. The number of thiophene rings is 1. The minimum atomic E-state index is 0.850. The Kier molecular flexibility index (Phi) is 4.39. The second-order valence-electron chi connectivity index (χ2n) is 5.44. The molecule has 0 aliphatic carbocycles. The van der Waals surface area contributed by atoms with Crippen LogP contribution in [0, 0.1) is 0 Å². The number of nitrogens with zero attached hydrogens (tertiary/aromatic N) is 2. The molecule has 2 aliphatic rings. The van der Waals surface area contributed by atoms with E-state index >= 15 is 0 Å². The monoisotopic (exact) mass is 328 g/mol. The largest absolute Gasteiger partial charge is 0.301 e. The lowest BCUT2D eigenvalue weighted by Crippen LogP contribution is -2.37. The van der Waals surface area contributed by atoms with E-state index in [-0.39, 0.29) is 0 Å². The Bertz CT molecular complexity index is 393. The van der Waals surface area contributed by atoms with E-state index in [2.05, 4.69) is 37.9 Å². The molecule has 1 aromatic rings. The molecule has 2 nitrogen and oxygen atoms in total. The third-order valence-electron chi connectivity index (χ3n) is 4.19. The van der Waals surface area contributed by atoms with E-state index in [1.807, 2.05) is 11.3 Å². The van der Waals surface area contributed by atoms with Gasteiger partial charge in [-0.05, 0) is 73.4 Å². The molecule has 18 heavy (non-hydrogen) atoms. The number of fused-ring (bicyclic) bond motifs is 1. The zero-order valence-electron chi connectivity index (χ0n) is 10.8. The first kappa shape index (κ1) is 13.1. The Morgan fingerprint density at radius 2 is 2.11 bits per heavy atom. The van der Waals surface area contributed by atoms with Crippen molar-refractivity contribution in [2.45, 2.75) is 31.7 Å². The molecule has 1 atom stereocenters. The van der Waals surface area contributed by atoms with Crippen molar-refractivity contribution in [1.29, 1.82) is 0 Å². The smallest absolute Gasteiger partial charge is 0.0701 e. The van der Waals surface area contributed by atoms with E-state index in [0.717, 1.165) is 6.04 Å². The topological polar surface area (TPSA) is 6.48 Å². The quantitative estimate of drug-likeness (QED) is 0.840. The lowest BCUT2D eigenvalue weighted by Gasteiger charge is -2.25. The zero-order valence-corrected chi connectivity index (χ0v) is 13.2. The molecule has 2 saturated heterocycles. The Morgan fingerprint density at radius 1 is 1.22 bits per heavy atom. The summed E-state index contributed by atoms with van der Waals surface area (Å²) in [7, 11) is 0. The predicted octanol–water partition coefficient (Wildman–Crippen LogP) is 3.22. The number of hydrogen-bond acceptors (Lipinski definition) is 3. The van der Waals surface area contributed by atoms with Crippen molar-refractivity contribution < 1.29 is 0 Å². The molecule has 3 heterocycles. The van der Waals surface area contributed by atoms with E-state index in [1.54, 1.807) is 0 Å². The molecule has 0 N–H and O–H groups in total. The zero-order chi connectivity index (χ0) is 12.4. The summed E-state index contributed by atoms with van der Waals surface area (Å²) in [4.78, 5) is 6.90. The number of rotatable bonds is 3. The SMILES string of the molecule is Brc1ccc(CCN2CCCN3CCCC3C2)s1. The number of hydrogen-bond donors (Lipinski definition) is 0. The molecule has 3 rings (SSSR count). The van der Waals surface area contributed by atoms with Gasteiger partial charge in [0.1, 0.15) is 0 Å². The average Bonchev–Trinajstić information content (AvgIpc) is 2.92. The fourth-order valence-electron chi connectivity index (χ4n) is 3.24. The van der Waals surface area contributed by atoms with Crippen LogP contribution in [-0.2, 0) is 6.42 Å². The maximum Gasteiger partial charge on any atom is 0.0701 e. The standard InChI is InChI=1S/C14H21BrN2S/c15-14-5-4-13(18-14)6-10-16-7-2-9-17-8-1-3-12(17)11-16/h4-5,12H,1-3,6-11H2. The van der Waals surface area contributed by atoms with Crippen LogP contribution in [0.5, 0.6) is 0 Å². The van der Waals surface area contributed by atoms with E-state index < -0.39 is 0 Å². The first-order valence-electron chi connectivity index (χ1n) is 7.02. The maximum atomic E-state index is 3.55. The van der Waals surface area contributed by atoms with Gasteiger partial charge in [-0.3, -0.25) is 4.90 Å². The van der Waals surface area contributed by atoms with Crippen LogP contribution in [0.2, 0.25) is 0 Å². The highest BCUT2D eigenvalue weighted by molar-refractivity contribution is 9.11. The highest BCUT2D eigenvalue weighted by Gasteiger charge is 2.28. The molecule has 1 unspecified atom stereocenters. The Morgan fingerprint density at radius 3 is 2.94 bits per heavy atom. The minimum Gasteiger partial charge on any atom is -0.301 e. The van der Waals surface area contributed by atoms with E-state index in [1.165, 1.54) is 67.1 Å². The molecule has 2 fully saturated rings. The van der Waals surface area contributed by atoms with Crippen molar-refractivity contribution in [3.05, 3.63) is 20.8 Å². The summed E-state index contributed by atoms with van der Waals surface area (Å²) in [5.41, 5.74) is 0. The van der Waals surface area contributed by atoms with Gasteiger partial charge >= 0.3 is 0 Å². The highest BCUT2D eigenvalue weighted by atomic mass is 79.9. The molecule has 0 saturated carbocycles. The summed E-state index contributed by atoms with van der Waals surface area (Å²) in [5.74, 6) is 0. The molecule has 2 aliphatic heterocycles. The molecule has 0 radical (unpaired) electrons. The molecule has 100 valence electrons. The first-order valence-corrected chi connectivity index (χ1v) is 8.63. The summed E-state index contributed by atoms with van der Waals surface area (Å²) in [6.07, 6.45) is 5.39. The molecule has 0 amide bonds. The van der Waals surface area contributed by atoms with Crippen molar-refractivity contribution in [3.8, 4) is 0 Å².